The molecule has 0 saturated heterocycles. The maximum atomic E-state index is 10.8. The fourth-order valence-corrected chi connectivity index (χ4v) is 1.33. The van der Waals surface area contributed by atoms with Gasteiger partial charge in [-0.2, -0.15) is 0 Å². The van der Waals surface area contributed by atoms with Crippen LogP contribution in [-0.4, -0.2) is 31.2 Å². The van der Waals surface area contributed by atoms with Crippen molar-refractivity contribution in [2.45, 2.75) is 0 Å². The Morgan fingerprint density at radius 1 is 1.50 bits per heavy atom. The standard InChI is InChI=1S/C10H14N4O4/c1-18-7-2-3-9(14(16)17)8(6-7)12-4-5-13-10(11)15/h2-3,6,12H,4-5H2,1H3,(H3,11,13,15). The Morgan fingerprint density at radius 3 is 2.78 bits per heavy atom. The van der Waals surface area contributed by atoms with Crippen LogP contribution in [0.4, 0.5) is 16.2 Å². The number of urea groups is 1. The van der Waals surface area contributed by atoms with Crippen molar-refractivity contribution in [3.63, 3.8) is 0 Å². The first-order chi connectivity index (χ1) is 8.54. The van der Waals surface area contributed by atoms with E-state index in [1.54, 1.807) is 0 Å². The lowest BCUT2D eigenvalue weighted by molar-refractivity contribution is -0.384. The molecule has 4 N–H and O–H groups in total. The molecule has 0 saturated carbocycles. The number of ether oxygens (including phenoxy) is 1. The molecule has 0 atom stereocenters. The molecule has 0 unspecified atom stereocenters. The monoisotopic (exact) mass is 254 g/mol. The van der Waals surface area contributed by atoms with E-state index in [0.29, 0.717) is 18.0 Å². The highest BCUT2D eigenvalue weighted by Gasteiger charge is 2.13. The smallest absolute Gasteiger partial charge is 0.312 e. The molecule has 0 aliphatic carbocycles. The Bertz CT molecular complexity index is 450. The molecule has 1 aromatic rings. The average molecular weight is 254 g/mol. The number of primary amides is 1. The molecule has 0 bridgehead atoms. The van der Waals surface area contributed by atoms with Gasteiger partial charge in [0.25, 0.3) is 5.69 Å². The summed E-state index contributed by atoms with van der Waals surface area (Å²) in [5.41, 5.74) is 5.15. The van der Waals surface area contributed by atoms with Crippen molar-refractivity contribution in [1.82, 2.24) is 5.32 Å². The lowest BCUT2D eigenvalue weighted by Gasteiger charge is -2.08. The van der Waals surface area contributed by atoms with Gasteiger partial charge in [-0.1, -0.05) is 0 Å². The summed E-state index contributed by atoms with van der Waals surface area (Å²) >= 11 is 0. The zero-order valence-electron chi connectivity index (χ0n) is 9.80. The summed E-state index contributed by atoms with van der Waals surface area (Å²) in [6, 6.07) is 3.73. The van der Waals surface area contributed by atoms with Crippen LogP contribution in [0.3, 0.4) is 0 Å². The van der Waals surface area contributed by atoms with Gasteiger partial charge >= 0.3 is 6.03 Å². The van der Waals surface area contributed by atoms with Crippen LogP contribution in [0, 0.1) is 10.1 Å². The van der Waals surface area contributed by atoms with E-state index < -0.39 is 11.0 Å². The number of hydrogen-bond donors (Lipinski definition) is 3. The van der Waals surface area contributed by atoms with Gasteiger partial charge in [-0.25, -0.2) is 4.79 Å². The number of amides is 2. The molecule has 1 rings (SSSR count). The topological polar surface area (TPSA) is 120 Å². The van der Waals surface area contributed by atoms with E-state index in [0.717, 1.165) is 0 Å². The number of hydrogen-bond acceptors (Lipinski definition) is 5. The summed E-state index contributed by atoms with van der Waals surface area (Å²) in [6.07, 6.45) is 0. The number of carbonyl (C=O) groups is 1. The summed E-state index contributed by atoms with van der Waals surface area (Å²) in [5, 5.41) is 16.0. The molecule has 8 heteroatoms. The lowest BCUT2D eigenvalue weighted by Crippen LogP contribution is -2.33. The first kappa shape index (κ1) is 13.6. The van der Waals surface area contributed by atoms with E-state index in [9.17, 15) is 14.9 Å². The van der Waals surface area contributed by atoms with E-state index in [1.165, 1.54) is 25.3 Å². The maximum Gasteiger partial charge on any atom is 0.312 e. The van der Waals surface area contributed by atoms with Crippen molar-refractivity contribution in [3.05, 3.63) is 28.3 Å². The minimum atomic E-state index is -0.642. The second-order valence-corrected chi connectivity index (χ2v) is 3.36. The van der Waals surface area contributed by atoms with Gasteiger partial charge in [0.05, 0.1) is 12.0 Å². The molecule has 0 aliphatic rings. The summed E-state index contributed by atoms with van der Waals surface area (Å²) in [6.45, 7) is 0.584. The van der Waals surface area contributed by atoms with E-state index >= 15 is 0 Å². The normalized spacial score (nSPS) is 9.61. The number of nitrogens with zero attached hydrogens (tertiary/aromatic N) is 1. The predicted molar refractivity (Wildman–Crippen MR) is 65.7 cm³/mol. The quantitative estimate of drug-likeness (QED) is 0.392. The summed E-state index contributed by atoms with van der Waals surface area (Å²) in [4.78, 5) is 20.7. The lowest BCUT2D eigenvalue weighted by atomic mass is 10.2. The minimum absolute atomic E-state index is 0.0603. The third-order valence-corrected chi connectivity index (χ3v) is 2.14. The van der Waals surface area contributed by atoms with Crippen LogP contribution < -0.4 is 21.1 Å². The molecule has 0 spiro atoms. The zero-order chi connectivity index (χ0) is 13.5. The molecule has 8 nitrogen and oxygen atoms in total. The molecule has 1 aromatic carbocycles. The molecule has 0 aromatic heterocycles. The van der Waals surface area contributed by atoms with Gasteiger partial charge < -0.3 is 21.1 Å². The molecular weight excluding hydrogens is 240 g/mol. The summed E-state index contributed by atoms with van der Waals surface area (Å²) in [5.74, 6) is 0.506. The molecule has 2 amide bonds. The number of methoxy groups -OCH3 is 1. The first-order valence-electron chi connectivity index (χ1n) is 5.14. The third kappa shape index (κ3) is 3.81. The zero-order valence-corrected chi connectivity index (χ0v) is 9.80. The van der Waals surface area contributed by atoms with Crippen molar-refractivity contribution in [2.75, 3.05) is 25.5 Å². The second-order valence-electron chi connectivity index (χ2n) is 3.36. The van der Waals surface area contributed by atoms with E-state index in [1.807, 2.05) is 0 Å². The fraction of sp³-hybridized carbons (Fsp3) is 0.300. The number of nitro benzene ring substituents is 1. The van der Waals surface area contributed by atoms with Gasteiger partial charge in [0.2, 0.25) is 0 Å². The summed E-state index contributed by atoms with van der Waals surface area (Å²) < 4.78 is 4.98. The average Bonchev–Trinajstić information content (AvgIpc) is 2.33. The predicted octanol–water partition coefficient (Wildman–Crippen LogP) is 0.684. The Hall–Kier alpha value is -2.51. The molecule has 0 fully saturated rings. The minimum Gasteiger partial charge on any atom is -0.497 e. The van der Waals surface area contributed by atoms with Gasteiger partial charge in [0.15, 0.2) is 0 Å². The van der Waals surface area contributed by atoms with Crippen LogP contribution in [0.15, 0.2) is 18.2 Å². The van der Waals surface area contributed by atoms with Crippen molar-refractivity contribution in [2.24, 2.45) is 5.73 Å². The SMILES string of the molecule is COc1ccc([N+](=O)[O-])c(NCCNC(N)=O)c1. The van der Waals surface area contributed by atoms with E-state index in [2.05, 4.69) is 10.6 Å². The van der Waals surface area contributed by atoms with Crippen LogP contribution in [0.2, 0.25) is 0 Å². The third-order valence-electron chi connectivity index (χ3n) is 2.14. The van der Waals surface area contributed by atoms with Gasteiger partial charge in [0, 0.05) is 25.2 Å². The van der Waals surface area contributed by atoms with Gasteiger partial charge in [-0.15, -0.1) is 0 Å². The van der Waals surface area contributed by atoms with E-state index in [4.69, 9.17) is 10.5 Å². The molecule has 0 aliphatic heterocycles. The van der Waals surface area contributed by atoms with Gasteiger partial charge in [0.1, 0.15) is 11.4 Å². The Labute approximate surface area is 103 Å². The Morgan fingerprint density at radius 2 is 2.22 bits per heavy atom. The van der Waals surface area contributed by atoms with E-state index in [-0.39, 0.29) is 12.2 Å². The fourth-order valence-electron chi connectivity index (χ4n) is 1.33. The molecule has 0 radical (unpaired) electrons. The molecule has 18 heavy (non-hydrogen) atoms. The van der Waals surface area contributed by atoms with Crippen molar-refractivity contribution in [1.29, 1.82) is 0 Å². The molecular formula is C10H14N4O4. The number of nitrogens with one attached hydrogen (secondary N) is 2. The van der Waals surface area contributed by atoms with Crippen LogP contribution in [0.5, 0.6) is 5.75 Å². The maximum absolute atomic E-state index is 10.8. The van der Waals surface area contributed by atoms with Crippen molar-refractivity contribution < 1.29 is 14.5 Å². The van der Waals surface area contributed by atoms with Gasteiger partial charge in [-0.05, 0) is 6.07 Å². The Balaban J connectivity index is 2.71. The largest absolute Gasteiger partial charge is 0.497 e. The van der Waals surface area contributed by atoms with Crippen LogP contribution in [-0.2, 0) is 0 Å². The number of rotatable bonds is 6. The first-order valence-corrected chi connectivity index (χ1v) is 5.14. The highest BCUT2D eigenvalue weighted by atomic mass is 16.6. The number of carbonyl (C=O) groups excluding carboxylic acids is 1. The second kappa shape index (κ2) is 6.28. The van der Waals surface area contributed by atoms with Crippen LogP contribution in [0.25, 0.3) is 0 Å². The van der Waals surface area contributed by atoms with Gasteiger partial charge in [-0.3, -0.25) is 10.1 Å². The van der Waals surface area contributed by atoms with Crippen molar-refractivity contribution in [3.8, 4) is 5.75 Å². The summed E-state index contributed by atoms with van der Waals surface area (Å²) in [7, 11) is 1.47. The van der Waals surface area contributed by atoms with Crippen molar-refractivity contribution >= 4 is 17.4 Å². The Kier molecular flexibility index (Phi) is 4.73. The highest BCUT2D eigenvalue weighted by Crippen LogP contribution is 2.28. The number of nitro groups is 1. The number of nitrogens with two attached hydrogens (primary N) is 1. The molecule has 0 heterocycles. The molecule has 98 valence electrons. The van der Waals surface area contributed by atoms with Crippen LogP contribution >= 0.6 is 0 Å². The van der Waals surface area contributed by atoms with Crippen LogP contribution in [0.1, 0.15) is 0 Å². The number of anilines is 1. The number of benzene rings is 1. The highest BCUT2D eigenvalue weighted by molar-refractivity contribution is 5.71.